The molecule has 13 heavy (non-hydrogen) atoms. The summed E-state index contributed by atoms with van der Waals surface area (Å²) in [6.07, 6.45) is 3.38. The minimum Gasteiger partial charge on any atom is -0.396 e. The van der Waals surface area contributed by atoms with Crippen LogP contribution in [0.2, 0.25) is 0 Å². The predicted molar refractivity (Wildman–Crippen MR) is 48.1 cm³/mol. The number of fused-ring (bicyclic) bond motifs is 1. The van der Waals surface area contributed by atoms with Crippen LogP contribution in [0.25, 0.3) is 0 Å². The van der Waals surface area contributed by atoms with Crippen molar-refractivity contribution in [2.45, 2.75) is 44.3 Å². The van der Waals surface area contributed by atoms with Gasteiger partial charge in [0, 0.05) is 6.61 Å². The first-order valence-electron chi connectivity index (χ1n) is 5.17. The Hall–Kier alpha value is -0.120. The molecule has 2 aliphatic rings. The fourth-order valence-corrected chi connectivity index (χ4v) is 3.16. The average molecular weight is 186 g/mol. The molecule has 3 heteroatoms. The van der Waals surface area contributed by atoms with Crippen molar-refractivity contribution in [3.05, 3.63) is 0 Å². The molecule has 4 atom stereocenters. The third-order valence-corrected chi connectivity index (χ3v) is 4.04. The lowest BCUT2D eigenvalue weighted by Gasteiger charge is -2.43. The number of rotatable bonds is 1. The average Bonchev–Trinajstić information content (AvgIpc) is 2.57. The van der Waals surface area contributed by atoms with Gasteiger partial charge in [0.15, 0.2) is 0 Å². The molecular formula is C10H18O3. The van der Waals surface area contributed by atoms with Crippen molar-refractivity contribution in [1.82, 2.24) is 0 Å². The maximum Gasteiger partial charge on any atom is 0.0833 e. The standard InChI is InChI=1S/C10H18O3/c11-6-10-4-1-2-7(10)9(13)8(12)3-5-10/h7-9,11-13H,1-6H2. The molecule has 0 aromatic heterocycles. The Balaban J connectivity index is 2.18. The van der Waals surface area contributed by atoms with E-state index < -0.39 is 12.2 Å². The van der Waals surface area contributed by atoms with Gasteiger partial charge in [-0.15, -0.1) is 0 Å². The van der Waals surface area contributed by atoms with Crippen molar-refractivity contribution in [3.8, 4) is 0 Å². The van der Waals surface area contributed by atoms with Gasteiger partial charge in [0.2, 0.25) is 0 Å². The van der Waals surface area contributed by atoms with Gasteiger partial charge in [-0.3, -0.25) is 0 Å². The van der Waals surface area contributed by atoms with E-state index in [1.54, 1.807) is 0 Å². The fourth-order valence-electron chi connectivity index (χ4n) is 3.16. The lowest BCUT2D eigenvalue weighted by atomic mass is 9.66. The number of aliphatic hydroxyl groups excluding tert-OH is 3. The highest BCUT2D eigenvalue weighted by Gasteiger charge is 2.50. The summed E-state index contributed by atoms with van der Waals surface area (Å²) in [5.74, 6) is 0.126. The largest absolute Gasteiger partial charge is 0.396 e. The first kappa shape index (κ1) is 9.44. The Morgan fingerprint density at radius 2 is 1.92 bits per heavy atom. The molecule has 0 saturated heterocycles. The van der Waals surface area contributed by atoms with E-state index >= 15 is 0 Å². The summed E-state index contributed by atoms with van der Waals surface area (Å²) >= 11 is 0. The van der Waals surface area contributed by atoms with Gasteiger partial charge in [0.05, 0.1) is 12.2 Å². The Labute approximate surface area is 78.4 Å². The molecule has 4 unspecified atom stereocenters. The van der Waals surface area contributed by atoms with E-state index in [4.69, 9.17) is 0 Å². The SMILES string of the molecule is OCC12CCCC1C(O)C(O)CC2. The van der Waals surface area contributed by atoms with Crippen LogP contribution in [0.5, 0.6) is 0 Å². The lowest BCUT2D eigenvalue weighted by molar-refractivity contribution is -0.105. The summed E-state index contributed by atoms with van der Waals surface area (Å²) in [6, 6.07) is 0. The quantitative estimate of drug-likeness (QED) is 0.551. The Morgan fingerprint density at radius 1 is 1.15 bits per heavy atom. The first-order chi connectivity index (χ1) is 6.19. The van der Waals surface area contributed by atoms with E-state index in [0.717, 1.165) is 25.7 Å². The molecule has 0 spiro atoms. The van der Waals surface area contributed by atoms with E-state index in [1.165, 1.54) is 0 Å². The van der Waals surface area contributed by atoms with E-state index in [9.17, 15) is 15.3 Å². The highest BCUT2D eigenvalue weighted by molar-refractivity contribution is 5.00. The molecule has 2 aliphatic carbocycles. The van der Waals surface area contributed by atoms with Gasteiger partial charge < -0.3 is 15.3 Å². The van der Waals surface area contributed by atoms with Gasteiger partial charge in [0.1, 0.15) is 0 Å². The highest BCUT2D eigenvalue weighted by atomic mass is 16.3. The van der Waals surface area contributed by atoms with Crippen LogP contribution in [0, 0.1) is 11.3 Å². The van der Waals surface area contributed by atoms with Crippen LogP contribution in [0.15, 0.2) is 0 Å². The molecule has 2 saturated carbocycles. The zero-order valence-electron chi connectivity index (χ0n) is 7.82. The van der Waals surface area contributed by atoms with E-state index in [0.29, 0.717) is 6.42 Å². The first-order valence-corrected chi connectivity index (χ1v) is 5.17. The van der Waals surface area contributed by atoms with E-state index in [1.807, 2.05) is 0 Å². The smallest absolute Gasteiger partial charge is 0.0833 e. The van der Waals surface area contributed by atoms with Crippen LogP contribution in [0.4, 0.5) is 0 Å². The van der Waals surface area contributed by atoms with E-state index in [2.05, 4.69) is 0 Å². The Kier molecular flexibility index (Phi) is 2.34. The molecule has 3 nitrogen and oxygen atoms in total. The normalized spacial score (nSPS) is 50.5. The molecule has 0 aliphatic heterocycles. The predicted octanol–water partition coefficient (Wildman–Crippen LogP) is 0.281. The summed E-state index contributed by atoms with van der Waals surface area (Å²) in [4.78, 5) is 0. The molecule has 0 aromatic rings. The Morgan fingerprint density at radius 3 is 2.62 bits per heavy atom. The second kappa shape index (κ2) is 3.23. The fraction of sp³-hybridized carbons (Fsp3) is 1.00. The molecular weight excluding hydrogens is 168 g/mol. The minimum atomic E-state index is -0.608. The zero-order chi connectivity index (χ0) is 9.47. The summed E-state index contributed by atoms with van der Waals surface area (Å²) in [6.45, 7) is 0.168. The molecule has 2 fully saturated rings. The van der Waals surface area contributed by atoms with Crippen LogP contribution in [0.3, 0.4) is 0 Å². The number of hydrogen-bond donors (Lipinski definition) is 3. The van der Waals surface area contributed by atoms with E-state index in [-0.39, 0.29) is 17.9 Å². The highest BCUT2D eigenvalue weighted by Crippen LogP contribution is 2.51. The zero-order valence-corrected chi connectivity index (χ0v) is 7.82. The van der Waals surface area contributed by atoms with Gasteiger partial charge in [-0.25, -0.2) is 0 Å². The summed E-state index contributed by atoms with van der Waals surface area (Å²) < 4.78 is 0. The maximum atomic E-state index is 9.78. The van der Waals surface area contributed by atoms with Crippen molar-refractivity contribution in [1.29, 1.82) is 0 Å². The van der Waals surface area contributed by atoms with Crippen LogP contribution < -0.4 is 0 Å². The molecule has 0 heterocycles. The molecule has 0 radical (unpaired) electrons. The van der Waals surface area contributed by atoms with Crippen molar-refractivity contribution in [2.75, 3.05) is 6.61 Å². The molecule has 2 rings (SSSR count). The van der Waals surface area contributed by atoms with Crippen molar-refractivity contribution in [2.24, 2.45) is 11.3 Å². The number of hydrogen-bond acceptors (Lipinski definition) is 3. The monoisotopic (exact) mass is 186 g/mol. The summed E-state index contributed by atoms with van der Waals surface area (Å²) in [5.41, 5.74) is -0.0708. The number of aliphatic hydroxyl groups is 3. The van der Waals surface area contributed by atoms with Crippen LogP contribution >= 0.6 is 0 Å². The van der Waals surface area contributed by atoms with Gasteiger partial charge in [-0.1, -0.05) is 6.42 Å². The molecule has 0 amide bonds. The van der Waals surface area contributed by atoms with Crippen molar-refractivity contribution < 1.29 is 15.3 Å². The second-order valence-corrected chi connectivity index (χ2v) is 4.62. The lowest BCUT2D eigenvalue weighted by Crippen LogP contribution is -2.48. The van der Waals surface area contributed by atoms with Gasteiger partial charge in [-0.05, 0) is 37.0 Å². The topological polar surface area (TPSA) is 60.7 Å². The van der Waals surface area contributed by atoms with Gasteiger partial charge in [0.25, 0.3) is 0 Å². The molecule has 0 aromatic carbocycles. The Bertz CT molecular complexity index is 195. The second-order valence-electron chi connectivity index (χ2n) is 4.62. The van der Waals surface area contributed by atoms with Crippen LogP contribution in [0.1, 0.15) is 32.1 Å². The molecule has 3 N–H and O–H groups in total. The van der Waals surface area contributed by atoms with Crippen LogP contribution in [-0.4, -0.2) is 34.1 Å². The minimum absolute atomic E-state index is 0.0708. The third kappa shape index (κ3) is 1.30. The summed E-state index contributed by atoms with van der Waals surface area (Å²) in [5, 5.41) is 28.6. The molecule has 76 valence electrons. The van der Waals surface area contributed by atoms with Gasteiger partial charge in [-0.2, -0.15) is 0 Å². The summed E-state index contributed by atoms with van der Waals surface area (Å²) in [7, 11) is 0. The van der Waals surface area contributed by atoms with Crippen molar-refractivity contribution >= 4 is 0 Å². The van der Waals surface area contributed by atoms with Gasteiger partial charge >= 0.3 is 0 Å². The van der Waals surface area contributed by atoms with Crippen molar-refractivity contribution in [3.63, 3.8) is 0 Å². The third-order valence-electron chi connectivity index (χ3n) is 4.04. The van der Waals surface area contributed by atoms with Crippen LogP contribution in [-0.2, 0) is 0 Å². The molecule has 0 bridgehead atoms. The maximum absolute atomic E-state index is 9.78.